The van der Waals surface area contributed by atoms with Crippen LogP contribution in [0, 0.1) is 0 Å². The van der Waals surface area contributed by atoms with Crippen LogP contribution >= 0.6 is 0 Å². The first kappa shape index (κ1) is 12.7. The summed E-state index contributed by atoms with van der Waals surface area (Å²) in [5.41, 5.74) is 6.90. The van der Waals surface area contributed by atoms with Crippen molar-refractivity contribution < 1.29 is 4.79 Å². The van der Waals surface area contributed by atoms with Gasteiger partial charge in [0.1, 0.15) is 0 Å². The van der Waals surface area contributed by atoms with Crippen molar-refractivity contribution in [1.82, 2.24) is 5.32 Å². The zero-order valence-electron chi connectivity index (χ0n) is 9.78. The molecule has 0 aliphatic rings. The number of nitrogens with one attached hydrogen (secondary N) is 1. The topological polar surface area (TPSA) is 55.1 Å². The lowest BCUT2D eigenvalue weighted by atomic mass is 10.1. The first-order valence-corrected chi connectivity index (χ1v) is 5.78. The van der Waals surface area contributed by atoms with E-state index in [-0.39, 0.29) is 11.9 Å². The van der Waals surface area contributed by atoms with Crippen LogP contribution in [0.25, 0.3) is 0 Å². The Bertz CT molecular complexity index is 311. The van der Waals surface area contributed by atoms with Crippen LogP contribution in [0.15, 0.2) is 30.3 Å². The lowest BCUT2D eigenvalue weighted by molar-refractivity contribution is -0.121. The van der Waals surface area contributed by atoms with Crippen LogP contribution in [0.4, 0.5) is 0 Å². The maximum absolute atomic E-state index is 11.5. The van der Waals surface area contributed by atoms with Gasteiger partial charge in [-0.25, -0.2) is 0 Å². The minimum Gasteiger partial charge on any atom is -0.352 e. The maximum atomic E-state index is 11.5. The predicted octanol–water partition coefficient (Wildman–Crippen LogP) is 1.82. The molecule has 1 rings (SSSR count). The van der Waals surface area contributed by atoms with Crippen LogP contribution < -0.4 is 11.1 Å². The van der Waals surface area contributed by atoms with Gasteiger partial charge in [0, 0.05) is 19.0 Å². The molecule has 1 unspecified atom stereocenters. The molecule has 16 heavy (non-hydrogen) atoms. The number of rotatable bonds is 6. The Kier molecular flexibility index (Phi) is 5.57. The fraction of sp³-hybridized carbons (Fsp3) is 0.462. The van der Waals surface area contributed by atoms with Gasteiger partial charge in [-0.3, -0.25) is 4.79 Å². The van der Waals surface area contributed by atoms with Gasteiger partial charge in [-0.2, -0.15) is 0 Å². The van der Waals surface area contributed by atoms with Gasteiger partial charge >= 0.3 is 0 Å². The molecule has 0 aliphatic heterocycles. The third-order valence-corrected chi connectivity index (χ3v) is 2.44. The summed E-state index contributed by atoms with van der Waals surface area (Å²) in [6.45, 7) is 2.65. The molecule has 0 saturated heterocycles. The molecular formula is C13H20N2O. The highest BCUT2D eigenvalue weighted by atomic mass is 16.1. The van der Waals surface area contributed by atoms with Crippen molar-refractivity contribution in [3.05, 3.63) is 35.9 Å². The fourth-order valence-electron chi connectivity index (χ4n) is 1.58. The standard InChI is InChI=1S/C13H20N2O/c1-2-6-12(14)9-13(16)15-10-11-7-4-3-5-8-11/h3-5,7-8,12H,2,6,9-10,14H2,1H3,(H,15,16). The third-order valence-electron chi connectivity index (χ3n) is 2.44. The zero-order chi connectivity index (χ0) is 11.8. The molecule has 0 aliphatic carbocycles. The number of nitrogens with two attached hydrogens (primary N) is 1. The zero-order valence-corrected chi connectivity index (χ0v) is 9.78. The Morgan fingerprint density at radius 1 is 1.38 bits per heavy atom. The molecule has 1 amide bonds. The lowest BCUT2D eigenvalue weighted by Crippen LogP contribution is -2.31. The van der Waals surface area contributed by atoms with E-state index in [0.29, 0.717) is 13.0 Å². The highest BCUT2D eigenvalue weighted by Crippen LogP contribution is 2.00. The van der Waals surface area contributed by atoms with E-state index in [0.717, 1.165) is 18.4 Å². The average Bonchev–Trinajstić information content (AvgIpc) is 2.28. The molecule has 1 atom stereocenters. The van der Waals surface area contributed by atoms with Crippen LogP contribution in [0.2, 0.25) is 0 Å². The Labute approximate surface area is 97.0 Å². The molecule has 3 nitrogen and oxygen atoms in total. The summed E-state index contributed by atoms with van der Waals surface area (Å²) in [5.74, 6) is 0.0322. The number of hydrogen-bond donors (Lipinski definition) is 2. The second kappa shape index (κ2) is 7.01. The molecule has 0 bridgehead atoms. The molecule has 0 aromatic heterocycles. The van der Waals surface area contributed by atoms with E-state index in [1.807, 2.05) is 30.3 Å². The molecule has 1 aromatic carbocycles. The quantitative estimate of drug-likeness (QED) is 0.768. The summed E-state index contributed by atoms with van der Waals surface area (Å²) >= 11 is 0. The monoisotopic (exact) mass is 220 g/mol. The SMILES string of the molecule is CCCC(N)CC(=O)NCc1ccccc1. The minimum absolute atomic E-state index is 0.0132. The summed E-state index contributed by atoms with van der Waals surface area (Å²) < 4.78 is 0. The Hall–Kier alpha value is -1.35. The van der Waals surface area contributed by atoms with Crippen LogP contribution in [0.5, 0.6) is 0 Å². The van der Waals surface area contributed by atoms with E-state index < -0.39 is 0 Å². The third kappa shape index (κ3) is 4.94. The van der Waals surface area contributed by atoms with E-state index in [1.165, 1.54) is 0 Å². The number of carbonyl (C=O) groups excluding carboxylic acids is 1. The van der Waals surface area contributed by atoms with Crippen molar-refractivity contribution in [2.75, 3.05) is 0 Å². The van der Waals surface area contributed by atoms with E-state index in [9.17, 15) is 4.79 Å². The number of carbonyl (C=O) groups is 1. The number of amides is 1. The first-order chi connectivity index (χ1) is 7.72. The fourth-order valence-corrected chi connectivity index (χ4v) is 1.58. The highest BCUT2D eigenvalue weighted by Gasteiger charge is 2.07. The predicted molar refractivity (Wildman–Crippen MR) is 65.8 cm³/mol. The van der Waals surface area contributed by atoms with E-state index in [1.54, 1.807) is 0 Å². The summed E-state index contributed by atoms with van der Waals surface area (Å²) in [6, 6.07) is 9.86. The van der Waals surface area contributed by atoms with Gasteiger partial charge in [0.25, 0.3) is 0 Å². The number of hydrogen-bond acceptors (Lipinski definition) is 2. The molecule has 0 fully saturated rings. The van der Waals surface area contributed by atoms with Crippen LogP contribution in [-0.2, 0) is 11.3 Å². The summed E-state index contributed by atoms with van der Waals surface area (Å²) in [6.07, 6.45) is 2.34. The van der Waals surface area contributed by atoms with Crippen LogP contribution in [0.3, 0.4) is 0 Å². The molecule has 1 aromatic rings. The van der Waals surface area contributed by atoms with Crippen LogP contribution in [-0.4, -0.2) is 11.9 Å². The smallest absolute Gasteiger partial charge is 0.221 e. The van der Waals surface area contributed by atoms with Gasteiger partial charge in [-0.15, -0.1) is 0 Å². The summed E-state index contributed by atoms with van der Waals surface area (Å²) in [7, 11) is 0. The molecular weight excluding hydrogens is 200 g/mol. The van der Waals surface area contributed by atoms with Gasteiger partial charge in [0.15, 0.2) is 0 Å². The normalized spacial score (nSPS) is 12.1. The van der Waals surface area contributed by atoms with Crippen molar-refractivity contribution in [2.24, 2.45) is 5.73 Å². The molecule has 3 heteroatoms. The molecule has 3 N–H and O–H groups in total. The van der Waals surface area contributed by atoms with E-state index in [2.05, 4.69) is 12.2 Å². The van der Waals surface area contributed by atoms with Crippen molar-refractivity contribution in [3.63, 3.8) is 0 Å². The second-order valence-corrected chi connectivity index (χ2v) is 4.02. The van der Waals surface area contributed by atoms with Gasteiger partial charge in [-0.05, 0) is 12.0 Å². The number of benzene rings is 1. The van der Waals surface area contributed by atoms with Gasteiger partial charge in [-0.1, -0.05) is 43.7 Å². The van der Waals surface area contributed by atoms with Gasteiger partial charge < -0.3 is 11.1 Å². The molecule has 0 saturated carbocycles. The van der Waals surface area contributed by atoms with Gasteiger partial charge in [0.05, 0.1) is 0 Å². The summed E-state index contributed by atoms with van der Waals surface area (Å²) in [4.78, 5) is 11.5. The van der Waals surface area contributed by atoms with Crippen molar-refractivity contribution in [1.29, 1.82) is 0 Å². The molecule has 0 spiro atoms. The molecule has 0 heterocycles. The van der Waals surface area contributed by atoms with Gasteiger partial charge in [0.2, 0.25) is 5.91 Å². The second-order valence-electron chi connectivity index (χ2n) is 4.02. The summed E-state index contributed by atoms with van der Waals surface area (Å²) in [5, 5.41) is 2.87. The van der Waals surface area contributed by atoms with E-state index >= 15 is 0 Å². The minimum atomic E-state index is -0.0132. The Morgan fingerprint density at radius 3 is 2.69 bits per heavy atom. The van der Waals surface area contributed by atoms with Crippen LogP contribution in [0.1, 0.15) is 31.7 Å². The highest BCUT2D eigenvalue weighted by molar-refractivity contribution is 5.76. The van der Waals surface area contributed by atoms with Crippen molar-refractivity contribution in [3.8, 4) is 0 Å². The Morgan fingerprint density at radius 2 is 2.06 bits per heavy atom. The lowest BCUT2D eigenvalue weighted by Gasteiger charge is -2.10. The maximum Gasteiger partial charge on any atom is 0.221 e. The molecule has 0 radical (unpaired) electrons. The van der Waals surface area contributed by atoms with E-state index in [4.69, 9.17) is 5.73 Å². The van der Waals surface area contributed by atoms with Crippen molar-refractivity contribution >= 4 is 5.91 Å². The average molecular weight is 220 g/mol. The largest absolute Gasteiger partial charge is 0.352 e. The Balaban J connectivity index is 2.25. The first-order valence-electron chi connectivity index (χ1n) is 5.78. The van der Waals surface area contributed by atoms with Crippen molar-refractivity contribution in [2.45, 2.75) is 38.8 Å². The molecule has 88 valence electrons.